The number of rotatable bonds is 9. The van der Waals surface area contributed by atoms with Gasteiger partial charge in [-0.15, -0.1) is 0 Å². The van der Waals surface area contributed by atoms with Gasteiger partial charge in [0.2, 0.25) is 0 Å². The van der Waals surface area contributed by atoms with Gasteiger partial charge < -0.3 is 0 Å². The van der Waals surface area contributed by atoms with Gasteiger partial charge in [0.25, 0.3) is 0 Å². The molecule has 6 aliphatic rings. The molecular weight excluding hydrogens is 750 g/mol. The van der Waals surface area contributed by atoms with Gasteiger partial charge in [0, 0.05) is 5.56 Å². The molecule has 0 aliphatic heterocycles. The Labute approximate surface area is 314 Å². The minimum atomic E-state index is -1.33. The van der Waals surface area contributed by atoms with E-state index in [-0.39, 0.29) is 15.1 Å². The van der Waals surface area contributed by atoms with Crippen LogP contribution in [0.2, 0.25) is 0 Å². The van der Waals surface area contributed by atoms with Gasteiger partial charge in [-0.3, -0.25) is 0 Å². The number of benzene rings is 1. The summed E-state index contributed by atoms with van der Waals surface area (Å²) in [6, 6.07) is 13.1. The number of hydrogen-bond acceptors (Lipinski definition) is 0. The van der Waals surface area contributed by atoms with E-state index in [4.69, 9.17) is 19.4 Å². The summed E-state index contributed by atoms with van der Waals surface area (Å²) in [7, 11) is 7.05. The molecular formula is C43H72Cl2P2Ru+. The van der Waals surface area contributed by atoms with Gasteiger partial charge in [-0.2, -0.15) is 0 Å². The van der Waals surface area contributed by atoms with E-state index in [1.165, 1.54) is 38.5 Å². The average Bonchev–Trinajstić information content (AvgIpc) is 3.18. The normalized spacial score (nSPS) is 26.0. The Balaban J connectivity index is 0.00000129. The molecule has 0 heterocycles. The molecule has 0 N–H and O–H groups in total. The molecule has 0 atom stereocenters. The van der Waals surface area contributed by atoms with Crippen molar-refractivity contribution >= 4 is 33.9 Å². The van der Waals surface area contributed by atoms with Crippen LogP contribution in [-0.2, 0) is 15.1 Å². The molecule has 0 nitrogen and oxygen atoms in total. The zero-order valence-electron chi connectivity index (χ0n) is 30.6. The van der Waals surface area contributed by atoms with Crippen molar-refractivity contribution in [2.45, 2.75) is 232 Å². The topological polar surface area (TPSA) is 0 Å². The SMILES string of the molecule is [Cl][Ru-][Cl].c1ccc(C([P+](C2CCCCC2)(C2CCCCC2)C2CCCCC2)[P+](C2CCCCC2)(C2CCCCC2)C2CCCCC2)cc1. The molecule has 0 unspecified atom stereocenters. The van der Waals surface area contributed by atoms with Gasteiger partial charge >= 0.3 is 34.5 Å². The maximum absolute atomic E-state index is 4.85. The quantitative estimate of drug-likeness (QED) is 0.172. The van der Waals surface area contributed by atoms with Crippen molar-refractivity contribution in [1.82, 2.24) is 0 Å². The van der Waals surface area contributed by atoms with Crippen molar-refractivity contribution in [3.63, 3.8) is 0 Å². The Morgan fingerprint density at radius 3 is 0.792 bits per heavy atom. The molecule has 7 rings (SSSR count). The predicted octanol–water partition coefficient (Wildman–Crippen LogP) is 16.1. The summed E-state index contributed by atoms with van der Waals surface area (Å²) in [5.74, 6) is 0. The summed E-state index contributed by atoms with van der Waals surface area (Å²) in [4.78, 5) is 0. The molecule has 1 aromatic carbocycles. The fourth-order valence-corrected chi connectivity index (χ4v) is 34.7. The van der Waals surface area contributed by atoms with E-state index in [2.05, 4.69) is 30.3 Å². The maximum atomic E-state index is 4.85. The van der Waals surface area contributed by atoms with E-state index in [9.17, 15) is 0 Å². The minimum Gasteiger partial charge on any atom is -0.0622 e. The van der Waals surface area contributed by atoms with Crippen LogP contribution < -0.4 is 0 Å². The first-order valence-corrected chi connectivity index (χ1v) is 30.0. The average molecular weight is 823 g/mol. The summed E-state index contributed by atoms with van der Waals surface area (Å²) >= 11 is -0.346. The Bertz CT molecular complexity index is 863. The Kier molecular flexibility index (Phi) is 16.3. The molecule has 6 aliphatic carbocycles. The van der Waals surface area contributed by atoms with E-state index in [0.717, 1.165) is 39.4 Å². The molecule has 48 heavy (non-hydrogen) atoms. The van der Waals surface area contributed by atoms with Crippen molar-refractivity contribution in [2.75, 3.05) is 0 Å². The van der Waals surface area contributed by atoms with Crippen LogP contribution in [0, 0.1) is 0 Å². The zero-order chi connectivity index (χ0) is 33.1. The van der Waals surface area contributed by atoms with Gasteiger partial charge in [-0.1, -0.05) is 68.9 Å². The standard InChI is InChI=1S/C43H72P2.2ClH.Ru/c1-8-22-36(23-9-1)43(44(37-24-10-2-11-25-37,38-26-12-3-13-27-38)39-28-14-4-15-29-39)45(40-30-16-5-17-31-40,41-32-18-6-19-33-41)42-34-20-7-21-35-42;;;/h1,8-9,22-23,37-43H,2-7,10-21,24-35H2;2*1H;/q+2;;;+1/p-2. The van der Waals surface area contributed by atoms with Crippen LogP contribution in [-0.4, -0.2) is 34.0 Å². The number of halogens is 2. The Hall–Kier alpha value is 1.28. The first-order valence-electron chi connectivity index (χ1n) is 21.4. The summed E-state index contributed by atoms with van der Waals surface area (Å²) in [6.07, 6.45) is 47.6. The second-order valence-corrected chi connectivity index (χ2v) is 29.4. The minimum absolute atomic E-state index is 0.346. The molecule has 5 heteroatoms. The molecule has 0 amide bonds. The molecule has 1 aromatic rings. The van der Waals surface area contributed by atoms with Crippen molar-refractivity contribution in [1.29, 1.82) is 0 Å². The zero-order valence-corrected chi connectivity index (χ0v) is 35.7. The van der Waals surface area contributed by atoms with Crippen molar-refractivity contribution < 1.29 is 15.1 Å². The molecule has 0 bridgehead atoms. The van der Waals surface area contributed by atoms with Crippen LogP contribution >= 0.6 is 33.9 Å². The van der Waals surface area contributed by atoms with Crippen LogP contribution in [0.5, 0.6) is 0 Å². The molecule has 6 fully saturated rings. The van der Waals surface area contributed by atoms with Crippen LogP contribution in [0.15, 0.2) is 30.3 Å². The third-order valence-electron chi connectivity index (χ3n) is 15.2. The number of hydrogen-bond donors (Lipinski definition) is 0. The fraction of sp³-hybridized carbons (Fsp3) is 0.860. The van der Waals surface area contributed by atoms with Crippen molar-refractivity contribution in [3.05, 3.63) is 35.9 Å². The van der Waals surface area contributed by atoms with E-state index in [1.54, 1.807) is 154 Å². The van der Waals surface area contributed by atoms with Crippen LogP contribution in [0.1, 0.15) is 204 Å². The van der Waals surface area contributed by atoms with E-state index in [0.29, 0.717) is 0 Å². The smallest absolute Gasteiger partial charge is 0.0622 e. The molecule has 0 spiro atoms. The Morgan fingerprint density at radius 1 is 0.375 bits per heavy atom. The molecule has 0 saturated heterocycles. The van der Waals surface area contributed by atoms with Gasteiger partial charge in [0.1, 0.15) is 0 Å². The summed E-state index contributed by atoms with van der Waals surface area (Å²) in [5, 5.41) is 1.02. The second kappa shape index (κ2) is 20.1. The second-order valence-electron chi connectivity index (χ2n) is 17.4. The Morgan fingerprint density at radius 2 is 0.583 bits per heavy atom. The molecule has 275 valence electrons. The van der Waals surface area contributed by atoms with E-state index >= 15 is 0 Å². The monoisotopic (exact) mass is 822 g/mol. The van der Waals surface area contributed by atoms with Gasteiger partial charge in [-0.25, -0.2) is 0 Å². The van der Waals surface area contributed by atoms with Gasteiger partial charge in [0.15, 0.2) is 5.40 Å². The first kappa shape index (κ1) is 39.0. The van der Waals surface area contributed by atoms with Crippen LogP contribution in [0.4, 0.5) is 0 Å². The summed E-state index contributed by atoms with van der Waals surface area (Å²) < 4.78 is 0. The van der Waals surface area contributed by atoms with Crippen LogP contribution in [0.3, 0.4) is 0 Å². The molecule has 0 radical (unpaired) electrons. The predicted molar refractivity (Wildman–Crippen MR) is 216 cm³/mol. The van der Waals surface area contributed by atoms with Crippen molar-refractivity contribution in [2.24, 2.45) is 0 Å². The third-order valence-corrected chi connectivity index (χ3v) is 30.6. The largest absolute Gasteiger partial charge is 0.194 e. The van der Waals surface area contributed by atoms with Gasteiger partial charge in [-0.05, 0) is 154 Å². The fourth-order valence-electron chi connectivity index (χ4n) is 13.6. The molecule has 6 saturated carbocycles. The summed E-state index contributed by atoms with van der Waals surface area (Å²) in [6.45, 7) is 0. The van der Waals surface area contributed by atoms with E-state index in [1.807, 2.05) is 5.56 Å². The van der Waals surface area contributed by atoms with Gasteiger partial charge in [0.05, 0.1) is 48.5 Å². The molecule has 0 aromatic heterocycles. The van der Waals surface area contributed by atoms with Crippen LogP contribution in [0.25, 0.3) is 0 Å². The third kappa shape index (κ3) is 8.48. The maximum Gasteiger partial charge on any atom is 0.194 e. The first-order chi connectivity index (χ1) is 23.8. The van der Waals surface area contributed by atoms with E-state index < -0.39 is 14.5 Å². The van der Waals surface area contributed by atoms with Crippen molar-refractivity contribution in [3.8, 4) is 0 Å². The summed E-state index contributed by atoms with van der Waals surface area (Å²) in [5.41, 5.74) is 8.62.